The maximum Gasteiger partial charge on any atom is 0.0703 e. The molecule has 0 aliphatic carbocycles. The minimum Gasteiger partial charge on any atom is -0.398 e. The van der Waals surface area contributed by atoms with Crippen molar-refractivity contribution in [3.63, 3.8) is 0 Å². The van der Waals surface area contributed by atoms with E-state index in [1.54, 1.807) is 0 Å². The van der Waals surface area contributed by atoms with E-state index >= 15 is 0 Å². The molecule has 1 saturated heterocycles. The summed E-state index contributed by atoms with van der Waals surface area (Å²) >= 11 is 3.42. The molecule has 2 unspecified atom stereocenters. The lowest BCUT2D eigenvalue weighted by Crippen LogP contribution is -2.36. The van der Waals surface area contributed by atoms with Crippen LogP contribution in [0.1, 0.15) is 18.9 Å². The summed E-state index contributed by atoms with van der Waals surface area (Å²) in [6.45, 7) is 3.88. The van der Waals surface area contributed by atoms with Gasteiger partial charge in [0.15, 0.2) is 0 Å². The first-order chi connectivity index (χ1) is 8.08. The number of halogens is 1. The van der Waals surface area contributed by atoms with E-state index in [9.17, 15) is 0 Å². The molecule has 1 aliphatic heterocycles. The van der Waals surface area contributed by atoms with E-state index in [1.165, 1.54) is 5.56 Å². The molecule has 0 spiro atoms. The fourth-order valence-corrected chi connectivity index (χ4v) is 2.77. The molecule has 0 bridgehead atoms. The fourth-order valence-electron chi connectivity index (χ4n) is 2.39. The molecule has 2 atom stereocenters. The van der Waals surface area contributed by atoms with Crippen molar-refractivity contribution >= 4 is 21.6 Å². The maximum absolute atomic E-state index is 6.02. The number of likely N-dealkylation sites (N-methyl/N-ethyl adjacent to an activating group) is 1. The molecule has 1 aromatic carbocycles. The summed E-state index contributed by atoms with van der Waals surface area (Å²) in [6.07, 6.45) is 1.42. The summed E-state index contributed by atoms with van der Waals surface area (Å²) in [5.74, 6) is 0. The predicted octanol–water partition coefficient (Wildman–Crippen LogP) is 2.64. The molecule has 1 fully saturated rings. The normalized spacial score (nSPS) is 24.5. The van der Waals surface area contributed by atoms with Crippen LogP contribution in [0.3, 0.4) is 0 Å². The summed E-state index contributed by atoms with van der Waals surface area (Å²) in [5, 5.41) is 0. The monoisotopic (exact) mass is 298 g/mol. The summed E-state index contributed by atoms with van der Waals surface area (Å²) in [4.78, 5) is 2.33. The van der Waals surface area contributed by atoms with Gasteiger partial charge in [0.25, 0.3) is 0 Å². The molecule has 0 amide bonds. The highest BCUT2D eigenvalue weighted by Gasteiger charge is 2.27. The van der Waals surface area contributed by atoms with Crippen LogP contribution < -0.4 is 5.73 Å². The third kappa shape index (κ3) is 3.00. The zero-order valence-electron chi connectivity index (χ0n) is 10.3. The highest BCUT2D eigenvalue weighted by molar-refractivity contribution is 9.10. The summed E-state index contributed by atoms with van der Waals surface area (Å²) in [7, 11) is 2.14. The van der Waals surface area contributed by atoms with E-state index in [0.29, 0.717) is 12.1 Å². The number of nitrogen functional groups attached to an aromatic ring is 1. The van der Waals surface area contributed by atoms with Crippen LogP contribution in [0.25, 0.3) is 0 Å². The Hall–Kier alpha value is -0.580. The van der Waals surface area contributed by atoms with Gasteiger partial charge in [-0.15, -0.1) is 0 Å². The fraction of sp³-hybridized carbons (Fsp3) is 0.538. The highest BCUT2D eigenvalue weighted by atomic mass is 79.9. The van der Waals surface area contributed by atoms with Gasteiger partial charge in [-0.25, -0.2) is 0 Å². The van der Waals surface area contributed by atoms with E-state index in [1.807, 2.05) is 12.1 Å². The number of nitrogens with two attached hydrogens (primary N) is 1. The number of rotatable bonds is 3. The molecule has 0 aromatic heterocycles. The summed E-state index contributed by atoms with van der Waals surface area (Å²) in [6, 6.07) is 6.57. The first-order valence-electron chi connectivity index (χ1n) is 5.93. The third-order valence-electron chi connectivity index (χ3n) is 3.43. The topological polar surface area (TPSA) is 38.5 Å². The Kier molecular flexibility index (Phi) is 4.07. The van der Waals surface area contributed by atoms with Crippen LogP contribution in [0.5, 0.6) is 0 Å². The van der Waals surface area contributed by atoms with Crippen LogP contribution >= 0.6 is 15.9 Å². The van der Waals surface area contributed by atoms with E-state index in [2.05, 4.69) is 40.9 Å². The lowest BCUT2D eigenvalue weighted by molar-refractivity contribution is 0.0815. The molecule has 17 heavy (non-hydrogen) atoms. The molecular formula is C13H19BrN2O. The van der Waals surface area contributed by atoms with Crippen molar-refractivity contribution in [1.29, 1.82) is 0 Å². The molecule has 0 radical (unpaired) electrons. The minimum absolute atomic E-state index is 0.316. The molecular weight excluding hydrogens is 280 g/mol. The zero-order chi connectivity index (χ0) is 12.4. The van der Waals surface area contributed by atoms with Crippen molar-refractivity contribution in [2.75, 3.05) is 19.4 Å². The Morgan fingerprint density at radius 1 is 1.53 bits per heavy atom. The SMILES string of the molecule is CC1OCCC1N(C)Cc1ccc(Br)cc1N. The second-order valence-electron chi connectivity index (χ2n) is 4.69. The van der Waals surface area contributed by atoms with E-state index in [-0.39, 0.29) is 0 Å². The van der Waals surface area contributed by atoms with Crippen molar-refractivity contribution in [3.8, 4) is 0 Å². The largest absolute Gasteiger partial charge is 0.398 e. The predicted molar refractivity (Wildman–Crippen MR) is 73.8 cm³/mol. The standard InChI is InChI=1S/C13H19BrN2O/c1-9-13(5-6-17-9)16(2)8-10-3-4-11(14)7-12(10)15/h3-4,7,9,13H,5-6,8,15H2,1-2H3. The van der Waals surface area contributed by atoms with Crippen molar-refractivity contribution < 1.29 is 4.74 Å². The van der Waals surface area contributed by atoms with Gasteiger partial charge in [0.1, 0.15) is 0 Å². The Morgan fingerprint density at radius 2 is 2.29 bits per heavy atom. The average molecular weight is 299 g/mol. The Bertz CT molecular complexity index is 397. The molecule has 2 rings (SSSR count). The molecule has 94 valence electrons. The second-order valence-corrected chi connectivity index (χ2v) is 5.61. The summed E-state index contributed by atoms with van der Waals surface area (Å²) < 4.78 is 6.62. The van der Waals surface area contributed by atoms with E-state index in [0.717, 1.165) is 29.7 Å². The average Bonchev–Trinajstić information content (AvgIpc) is 2.68. The molecule has 3 nitrogen and oxygen atoms in total. The van der Waals surface area contributed by atoms with Gasteiger partial charge < -0.3 is 10.5 Å². The minimum atomic E-state index is 0.316. The lowest BCUT2D eigenvalue weighted by atomic mass is 10.1. The number of benzene rings is 1. The van der Waals surface area contributed by atoms with Crippen LogP contribution in [0.2, 0.25) is 0 Å². The van der Waals surface area contributed by atoms with Crippen LogP contribution in [0.4, 0.5) is 5.69 Å². The van der Waals surface area contributed by atoms with Crippen molar-refractivity contribution in [3.05, 3.63) is 28.2 Å². The van der Waals surface area contributed by atoms with Crippen LogP contribution in [0.15, 0.2) is 22.7 Å². The van der Waals surface area contributed by atoms with Gasteiger partial charge in [-0.1, -0.05) is 22.0 Å². The number of ether oxygens (including phenoxy) is 1. The third-order valence-corrected chi connectivity index (χ3v) is 3.92. The molecule has 4 heteroatoms. The lowest BCUT2D eigenvalue weighted by Gasteiger charge is -2.27. The van der Waals surface area contributed by atoms with E-state index < -0.39 is 0 Å². The molecule has 2 N–H and O–H groups in total. The molecule has 1 aromatic rings. The first-order valence-corrected chi connectivity index (χ1v) is 6.73. The van der Waals surface area contributed by atoms with Gasteiger partial charge in [0, 0.05) is 29.4 Å². The quantitative estimate of drug-likeness (QED) is 0.872. The zero-order valence-corrected chi connectivity index (χ0v) is 11.9. The van der Waals surface area contributed by atoms with Crippen molar-refractivity contribution in [2.24, 2.45) is 0 Å². The van der Waals surface area contributed by atoms with Crippen molar-refractivity contribution in [2.45, 2.75) is 32.0 Å². The Labute approximate surface area is 111 Å². The van der Waals surface area contributed by atoms with Gasteiger partial charge in [-0.3, -0.25) is 4.90 Å². The number of nitrogens with zero attached hydrogens (tertiary/aromatic N) is 1. The highest BCUT2D eigenvalue weighted by Crippen LogP contribution is 2.23. The van der Waals surface area contributed by atoms with Crippen LogP contribution in [-0.4, -0.2) is 30.7 Å². The van der Waals surface area contributed by atoms with Gasteiger partial charge in [0.05, 0.1) is 6.10 Å². The van der Waals surface area contributed by atoms with Gasteiger partial charge in [-0.2, -0.15) is 0 Å². The Balaban J connectivity index is 2.04. The van der Waals surface area contributed by atoms with Gasteiger partial charge in [0.2, 0.25) is 0 Å². The molecule has 1 aliphatic rings. The number of anilines is 1. The van der Waals surface area contributed by atoms with Crippen molar-refractivity contribution in [1.82, 2.24) is 4.90 Å². The number of hydrogen-bond donors (Lipinski definition) is 1. The molecule has 0 saturated carbocycles. The van der Waals surface area contributed by atoms with Gasteiger partial charge in [-0.05, 0) is 38.1 Å². The van der Waals surface area contributed by atoms with Gasteiger partial charge >= 0.3 is 0 Å². The molecule has 1 heterocycles. The maximum atomic E-state index is 6.02. The Morgan fingerprint density at radius 3 is 2.88 bits per heavy atom. The van der Waals surface area contributed by atoms with E-state index in [4.69, 9.17) is 10.5 Å². The summed E-state index contributed by atoms with van der Waals surface area (Å²) in [5.41, 5.74) is 8.04. The number of hydrogen-bond acceptors (Lipinski definition) is 3. The second kappa shape index (κ2) is 5.38. The van der Waals surface area contributed by atoms with Crippen LogP contribution in [-0.2, 0) is 11.3 Å². The van der Waals surface area contributed by atoms with Crippen LogP contribution in [0, 0.1) is 0 Å². The first kappa shape index (κ1) is 12.9. The smallest absolute Gasteiger partial charge is 0.0703 e.